The Balaban J connectivity index is 1.55. The van der Waals surface area contributed by atoms with Crippen molar-refractivity contribution in [2.75, 3.05) is 46.9 Å². The van der Waals surface area contributed by atoms with Crippen molar-refractivity contribution in [2.24, 2.45) is 0 Å². The number of benzene rings is 1. The first-order valence-corrected chi connectivity index (χ1v) is 9.33. The van der Waals surface area contributed by atoms with E-state index in [0.717, 1.165) is 31.7 Å². The third-order valence-corrected chi connectivity index (χ3v) is 5.50. The van der Waals surface area contributed by atoms with Crippen LogP contribution in [0, 0.1) is 5.82 Å². The number of nitrogens with zero attached hydrogens (tertiary/aromatic N) is 2. The summed E-state index contributed by atoms with van der Waals surface area (Å²) >= 11 is 0. The highest BCUT2D eigenvalue weighted by Gasteiger charge is 2.30. The smallest absolute Gasteiger partial charge is 0.123 e. The predicted octanol–water partition coefficient (Wildman–Crippen LogP) is 1.78. The molecule has 6 heteroatoms. The van der Waals surface area contributed by atoms with Gasteiger partial charge in [0.2, 0.25) is 0 Å². The minimum atomic E-state index is -0.181. The lowest BCUT2D eigenvalue weighted by Gasteiger charge is -2.38. The van der Waals surface area contributed by atoms with Crippen LogP contribution < -0.4 is 10.9 Å². The average Bonchev–Trinajstić information content (AvgIpc) is 3.08. The van der Waals surface area contributed by atoms with Crippen LogP contribution in [0.5, 0.6) is 0 Å². The van der Waals surface area contributed by atoms with Gasteiger partial charge in [-0.3, -0.25) is 10.3 Å². The summed E-state index contributed by atoms with van der Waals surface area (Å²) < 4.78 is 18.4. The summed E-state index contributed by atoms with van der Waals surface area (Å²) in [5.41, 5.74) is 7.95. The summed E-state index contributed by atoms with van der Waals surface area (Å²) in [6, 6.07) is 8.09. The van der Waals surface area contributed by atoms with Crippen molar-refractivity contribution >= 4 is 0 Å². The Kier molecular flexibility index (Phi) is 6.78. The van der Waals surface area contributed by atoms with Crippen LogP contribution in [0.2, 0.25) is 0 Å². The third kappa shape index (κ3) is 5.21. The Morgan fingerprint density at radius 1 is 1.20 bits per heavy atom. The van der Waals surface area contributed by atoms with Crippen LogP contribution in [0.1, 0.15) is 30.9 Å². The number of halogens is 1. The highest BCUT2D eigenvalue weighted by Crippen LogP contribution is 2.24. The highest BCUT2D eigenvalue weighted by molar-refractivity contribution is 5.21. The van der Waals surface area contributed by atoms with Gasteiger partial charge in [-0.2, -0.15) is 0 Å². The first kappa shape index (κ1) is 18.7. The topological polar surface area (TPSA) is 39.8 Å². The second-order valence-corrected chi connectivity index (χ2v) is 7.35. The molecule has 0 aromatic heterocycles. The van der Waals surface area contributed by atoms with Crippen molar-refractivity contribution in [1.82, 2.24) is 20.7 Å². The molecular formula is C19H31FN4O. The number of hydrogen-bond donors (Lipinski definition) is 2. The fourth-order valence-electron chi connectivity index (χ4n) is 3.93. The molecule has 0 aliphatic carbocycles. The molecule has 2 fully saturated rings. The van der Waals surface area contributed by atoms with Gasteiger partial charge in [-0.15, -0.1) is 0 Å². The lowest BCUT2D eigenvalue weighted by Crippen LogP contribution is -2.49. The molecule has 2 aliphatic rings. The molecule has 2 N–H and O–H groups in total. The molecule has 2 aliphatic heterocycles. The first-order valence-electron chi connectivity index (χ1n) is 9.33. The predicted molar refractivity (Wildman–Crippen MR) is 97.8 cm³/mol. The molecule has 5 nitrogen and oxygen atoms in total. The van der Waals surface area contributed by atoms with Crippen molar-refractivity contribution < 1.29 is 9.13 Å². The zero-order valence-corrected chi connectivity index (χ0v) is 15.4. The van der Waals surface area contributed by atoms with Crippen molar-refractivity contribution in [3.05, 3.63) is 35.6 Å². The van der Waals surface area contributed by atoms with Gasteiger partial charge in [-0.1, -0.05) is 12.1 Å². The molecule has 140 valence electrons. The molecule has 0 radical (unpaired) electrons. The number of methoxy groups -OCH3 is 1. The van der Waals surface area contributed by atoms with Gasteiger partial charge in [0, 0.05) is 38.3 Å². The fraction of sp³-hybridized carbons (Fsp3) is 0.684. The quantitative estimate of drug-likeness (QED) is 0.784. The molecule has 3 rings (SSSR count). The molecule has 0 bridgehead atoms. The average molecular weight is 350 g/mol. The van der Waals surface area contributed by atoms with Gasteiger partial charge < -0.3 is 9.64 Å². The Hall–Kier alpha value is -1.05. The van der Waals surface area contributed by atoms with Crippen molar-refractivity contribution in [2.45, 2.75) is 37.4 Å². The van der Waals surface area contributed by atoms with E-state index < -0.39 is 0 Å². The Morgan fingerprint density at radius 2 is 1.92 bits per heavy atom. The summed E-state index contributed by atoms with van der Waals surface area (Å²) in [7, 11) is 3.97. The van der Waals surface area contributed by atoms with Crippen LogP contribution in [0.3, 0.4) is 0 Å². The van der Waals surface area contributed by atoms with E-state index in [1.54, 1.807) is 7.11 Å². The van der Waals surface area contributed by atoms with Gasteiger partial charge in [0.25, 0.3) is 0 Å². The van der Waals surface area contributed by atoms with Gasteiger partial charge in [-0.05, 0) is 57.1 Å². The standard InChI is InChI=1S/C19H31FN4O/c1-23-9-7-18(8-10-23)24(11-12-25-2)14-17-13-19(22-21-17)15-3-5-16(20)6-4-15/h3-6,17-19,21-22H,7-14H2,1-2H3. The van der Waals surface area contributed by atoms with E-state index in [9.17, 15) is 4.39 Å². The first-order chi connectivity index (χ1) is 12.2. The zero-order valence-electron chi connectivity index (χ0n) is 15.4. The zero-order chi connectivity index (χ0) is 17.6. The number of ether oxygens (including phenoxy) is 1. The summed E-state index contributed by atoms with van der Waals surface area (Å²) in [5.74, 6) is -0.181. The second-order valence-electron chi connectivity index (χ2n) is 7.35. The normalized spacial score (nSPS) is 25.8. The van der Waals surface area contributed by atoms with Crippen LogP contribution in [0.25, 0.3) is 0 Å². The SMILES string of the molecule is COCCN(CC1CC(c2ccc(F)cc2)NN1)C1CCN(C)CC1. The number of hydrazine groups is 1. The lowest BCUT2D eigenvalue weighted by atomic mass is 9.99. The van der Waals surface area contributed by atoms with E-state index in [4.69, 9.17) is 4.74 Å². The van der Waals surface area contributed by atoms with Gasteiger partial charge in [-0.25, -0.2) is 9.82 Å². The van der Waals surface area contributed by atoms with Crippen molar-refractivity contribution in [3.63, 3.8) is 0 Å². The maximum absolute atomic E-state index is 13.1. The van der Waals surface area contributed by atoms with Crippen molar-refractivity contribution in [1.29, 1.82) is 0 Å². The van der Waals surface area contributed by atoms with Crippen LogP contribution in [-0.4, -0.2) is 68.8 Å². The number of nitrogens with one attached hydrogen (secondary N) is 2. The number of rotatable bonds is 7. The largest absolute Gasteiger partial charge is 0.383 e. The maximum Gasteiger partial charge on any atom is 0.123 e. The van der Waals surface area contributed by atoms with E-state index in [-0.39, 0.29) is 11.9 Å². The summed E-state index contributed by atoms with van der Waals surface area (Å²) in [4.78, 5) is 4.99. The van der Waals surface area contributed by atoms with Crippen LogP contribution >= 0.6 is 0 Å². The third-order valence-electron chi connectivity index (χ3n) is 5.50. The maximum atomic E-state index is 13.1. The van der Waals surface area contributed by atoms with Crippen LogP contribution in [-0.2, 0) is 4.74 Å². The molecule has 1 aromatic carbocycles. The molecular weight excluding hydrogens is 319 g/mol. The Labute approximate surface area is 150 Å². The monoisotopic (exact) mass is 350 g/mol. The summed E-state index contributed by atoms with van der Waals surface area (Å²) in [6.07, 6.45) is 3.46. The molecule has 2 atom stereocenters. The fourth-order valence-corrected chi connectivity index (χ4v) is 3.93. The molecule has 2 saturated heterocycles. The van der Waals surface area contributed by atoms with E-state index in [0.29, 0.717) is 12.1 Å². The van der Waals surface area contributed by atoms with Gasteiger partial charge in [0.15, 0.2) is 0 Å². The number of piperidine rings is 1. The molecule has 0 amide bonds. The number of hydrogen-bond acceptors (Lipinski definition) is 5. The Bertz CT molecular complexity index is 519. The second kappa shape index (κ2) is 9.05. The molecule has 2 unspecified atom stereocenters. The molecule has 1 aromatic rings. The highest BCUT2D eigenvalue weighted by atomic mass is 19.1. The van der Waals surface area contributed by atoms with Crippen LogP contribution in [0.4, 0.5) is 4.39 Å². The molecule has 2 heterocycles. The van der Waals surface area contributed by atoms with Gasteiger partial charge >= 0.3 is 0 Å². The Morgan fingerprint density at radius 3 is 2.60 bits per heavy atom. The van der Waals surface area contributed by atoms with E-state index in [1.165, 1.54) is 38.1 Å². The minimum Gasteiger partial charge on any atom is -0.383 e. The summed E-state index contributed by atoms with van der Waals surface area (Å²) in [6.45, 7) is 5.10. The summed E-state index contributed by atoms with van der Waals surface area (Å²) in [5, 5.41) is 0. The molecule has 0 saturated carbocycles. The van der Waals surface area contributed by atoms with Gasteiger partial charge in [0.05, 0.1) is 6.61 Å². The van der Waals surface area contributed by atoms with Gasteiger partial charge in [0.1, 0.15) is 5.82 Å². The van der Waals surface area contributed by atoms with Crippen LogP contribution in [0.15, 0.2) is 24.3 Å². The van der Waals surface area contributed by atoms with Crippen molar-refractivity contribution in [3.8, 4) is 0 Å². The molecule has 0 spiro atoms. The van der Waals surface area contributed by atoms with E-state index in [2.05, 4.69) is 27.7 Å². The molecule has 25 heavy (non-hydrogen) atoms. The lowest BCUT2D eigenvalue weighted by molar-refractivity contribution is 0.0790. The minimum absolute atomic E-state index is 0.181. The van der Waals surface area contributed by atoms with E-state index in [1.807, 2.05) is 12.1 Å². The van der Waals surface area contributed by atoms with E-state index >= 15 is 0 Å². The number of likely N-dealkylation sites (tertiary alicyclic amines) is 1.